The fourth-order valence-electron chi connectivity index (χ4n) is 3.21. The highest BCUT2D eigenvalue weighted by Crippen LogP contribution is 2.30. The van der Waals surface area contributed by atoms with Gasteiger partial charge in [0, 0.05) is 19.2 Å². The van der Waals surface area contributed by atoms with Crippen LogP contribution < -0.4 is 24.8 Å². The molecule has 1 fully saturated rings. The van der Waals surface area contributed by atoms with Crippen LogP contribution in [0.3, 0.4) is 0 Å². The third-order valence-corrected chi connectivity index (χ3v) is 5.05. The van der Waals surface area contributed by atoms with E-state index in [1.54, 1.807) is 7.05 Å². The first-order chi connectivity index (χ1) is 13.8. The smallest absolute Gasteiger partial charge is 0.191 e. The van der Waals surface area contributed by atoms with Crippen LogP contribution in [-0.2, 0) is 6.54 Å². The SMILES string of the molecule is CN=C(NCc1ccccc1OC1CCC1)NCC1COc2ccccc2O1. The van der Waals surface area contributed by atoms with E-state index in [-0.39, 0.29) is 6.10 Å². The molecule has 4 rings (SSSR count). The molecule has 0 amide bonds. The monoisotopic (exact) mass is 381 g/mol. The summed E-state index contributed by atoms with van der Waals surface area (Å²) >= 11 is 0. The summed E-state index contributed by atoms with van der Waals surface area (Å²) in [5, 5.41) is 6.67. The number of para-hydroxylation sites is 3. The van der Waals surface area contributed by atoms with Gasteiger partial charge in [-0.2, -0.15) is 0 Å². The molecule has 0 saturated heterocycles. The molecule has 0 radical (unpaired) electrons. The quantitative estimate of drug-likeness (QED) is 0.595. The molecule has 0 aromatic heterocycles. The third kappa shape index (κ3) is 4.50. The van der Waals surface area contributed by atoms with E-state index in [2.05, 4.69) is 21.7 Å². The van der Waals surface area contributed by atoms with Gasteiger partial charge in [-0.15, -0.1) is 0 Å². The van der Waals surface area contributed by atoms with Gasteiger partial charge < -0.3 is 24.8 Å². The molecule has 1 unspecified atom stereocenters. The number of ether oxygens (including phenoxy) is 3. The number of benzene rings is 2. The summed E-state index contributed by atoms with van der Waals surface area (Å²) in [5.41, 5.74) is 1.13. The maximum atomic E-state index is 6.10. The number of guanidine groups is 1. The minimum absolute atomic E-state index is 0.0670. The van der Waals surface area contributed by atoms with E-state index < -0.39 is 0 Å². The molecule has 2 N–H and O–H groups in total. The van der Waals surface area contributed by atoms with Gasteiger partial charge in [0.15, 0.2) is 17.5 Å². The molecule has 2 aliphatic rings. The van der Waals surface area contributed by atoms with Crippen molar-refractivity contribution in [2.75, 3.05) is 20.2 Å². The van der Waals surface area contributed by atoms with Crippen molar-refractivity contribution in [3.05, 3.63) is 54.1 Å². The van der Waals surface area contributed by atoms with Gasteiger partial charge >= 0.3 is 0 Å². The van der Waals surface area contributed by atoms with E-state index in [1.807, 2.05) is 42.5 Å². The lowest BCUT2D eigenvalue weighted by Crippen LogP contribution is -2.45. The first-order valence-corrected chi connectivity index (χ1v) is 9.89. The number of hydrogen-bond acceptors (Lipinski definition) is 4. The Labute approximate surface area is 165 Å². The van der Waals surface area contributed by atoms with Gasteiger partial charge in [-0.3, -0.25) is 4.99 Å². The molecule has 6 nitrogen and oxygen atoms in total. The van der Waals surface area contributed by atoms with Crippen LogP contribution in [0.5, 0.6) is 17.2 Å². The van der Waals surface area contributed by atoms with Gasteiger partial charge in [-0.1, -0.05) is 30.3 Å². The molecule has 2 aromatic rings. The predicted octanol–water partition coefficient (Wildman–Crippen LogP) is 3.12. The number of rotatable bonds is 6. The van der Waals surface area contributed by atoms with Crippen molar-refractivity contribution in [2.24, 2.45) is 4.99 Å². The van der Waals surface area contributed by atoms with Crippen LogP contribution >= 0.6 is 0 Å². The Morgan fingerprint density at radius 2 is 1.86 bits per heavy atom. The Balaban J connectivity index is 1.28. The van der Waals surface area contributed by atoms with E-state index in [1.165, 1.54) is 6.42 Å². The van der Waals surface area contributed by atoms with Gasteiger partial charge in [0.05, 0.1) is 12.6 Å². The first-order valence-electron chi connectivity index (χ1n) is 9.89. The van der Waals surface area contributed by atoms with Gasteiger partial charge in [-0.25, -0.2) is 0 Å². The van der Waals surface area contributed by atoms with Crippen molar-refractivity contribution in [1.82, 2.24) is 10.6 Å². The molecule has 28 heavy (non-hydrogen) atoms. The van der Waals surface area contributed by atoms with Crippen LogP contribution in [-0.4, -0.2) is 38.4 Å². The summed E-state index contributed by atoms with van der Waals surface area (Å²) in [6.45, 7) is 1.76. The molecule has 1 atom stereocenters. The maximum Gasteiger partial charge on any atom is 0.191 e. The van der Waals surface area contributed by atoms with E-state index in [0.717, 1.165) is 41.6 Å². The standard InChI is InChI=1S/C22H27N3O3/c1-23-22(25-14-18-15-26-20-11-4-5-12-21(20)28-18)24-13-16-7-2-3-10-19(16)27-17-8-6-9-17/h2-5,7,10-12,17-18H,6,8-9,13-15H2,1H3,(H2,23,24,25). The van der Waals surface area contributed by atoms with Crippen molar-refractivity contribution >= 4 is 5.96 Å². The molecule has 1 aliphatic heterocycles. The van der Waals surface area contributed by atoms with Crippen LogP contribution in [0.25, 0.3) is 0 Å². The zero-order chi connectivity index (χ0) is 19.2. The second kappa shape index (κ2) is 8.87. The highest BCUT2D eigenvalue weighted by atomic mass is 16.6. The number of hydrogen-bond donors (Lipinski definition) is 2. The highest BCUT2D eigenvalue weighted by molar-refractivity contribution is 5.79. The van der Waals surface area contributed by atoms with Crippen molar-refractivity contribution in [3.8, 4) is 17.2 Å². The molecule has 0 bridgehead atoms. The van der Waals surface area contributed by atoms with E-state index in [9.17, 15) is 0 Å². The minimum Gasteiger partial charge on any atom is -0.490 e. The molecule has 148 valence electrons. The zero-order valence-electron chi connectivity index (χ0n) is 16.2. The van der Waals surface area contributed by atoms with Crippen molar-refractivity contribution < 1.29 is 14.2 Å². The first kappa shape index (κ1) is 18.5. The summed E-state index contributed by atoms with van der Waals surface area (Å²) in [7, 11) is 1.76. The maximum absolute atomic E-state index is 6.10. The molecule has 1 aliphatic carbocycles. The lowest BCUT2D eigenvalue weighted by molar-refractivity contribution is 0.0936. The molecular weight excluding hydrogens is 354 g/mol. The normalized spacial score (nSPS) is 18.9. The fourth-order valence-corrected chi connectivity index (χ4v) is 3.21. The van der Waals surface area contributed by atoms with E-state index >= 15 is 0 Å². The van der Waals surface area contributed by atoms with Crippen LogP contribution in [0.2, 0.25) is 0 Å². The Morgan fingerprint density at radius 1 is 1.07 bits per heavy atom. The number of nitrogens with one attached hydrogen (secondary N) is 2. The molecule has 1 heterocycles. The largest absolute Gasteiger partial charge is 0.490 e. The lowest BCUT2D eigenvalue weighted by atomic mass is 9.96. The van der Waals surface area contributed by atoms with Gasteiger partial charge in [0.25, 0.3) is 0 Å². The lowest BCUT2D eigenvalue weighted by Gasteiger charge is -2.28. The van der Waals surface area contributed by atoms with E-state index in [0.29, 0.717) is 25.8 Å². The van der Waals surface area contributed by atoms with Gasteiger partial charge in [0.2, 0.25) is 0 Å². The van der Waals surface area contributed by atoms with Gasteiger partial charge in [0.1, 0.15) is 18.5 Å². The second-order valence-electron chi connectivity index (χ2n) is 7.08. The molecular formula is C22H27N3O3. The van der Waals surface area contributed by atoms with Crippen molar-refractivity contribution in [2.45, 2.75) is 38.0 Å². The highest BCUT2D eigenvalue weighted by Gasteiger charge is 2.21. The summed E-state index contributed by atoms with van der Waals surface area (Å²) < 4.78 is 17.8. The Morgan fingerprint density at radius 3 is 2.64 bits per heavy atom. The van der Waals surface area contributed by atoms with Crippen LogP contribution in [0, 0.1) is 0 Å². The number of aliphatic imine (C=N–C) groups is 1. The topological polar surface area (TPSA) is 64.1 Å². The van der Waals surface area contributed by atoms with E-state index in [4.69, 9.17) is 14.2 Å². The summed E-state index contributed by atoms with van der Waals surface area (Å²) in [6.07, 6.45) is 3.86. The molecule has 2 aromatic carbocycles. The number of fused-ring (bicyclic) bond motifs is 1. The average Bonchev–Trinajstić information content (AvgIpc) is 2.71. The Kier molecular flexibility index (Phi) is 5.85. The van der Waals surface area contributed by atoms with Crippen molar-refractivity contribution in [3.63, 3.8) is 0 Å². The number of nitrogens with zero attached hydrogens (tertiary/aromatic N) is 1. The summed E-state index contributed by atoms with van der Waals surface area (Å²) in [5.74, 6) is 3.26. The van der Waals surface area contributed by atoms with Crippen LogP contribution in [0.4, 0.5) is 0 Å². The molecule has 6 heteroatoms. The van der Waals surface area contributed by atoms with Crippen molar-refractivity contribution in [1.29, 1.82) is 0 Å². The average molecular weight is 381 g/mol. The van der Waals surface area contributed by atoms with Crippen LogP contribution in [0.15, 0.2) is 53.5 Å². The Bertz CT molecular complexity index is 820. The second-order valence-corrected chi connectivity index (χ2v) is 7.08. The third-order valence-electron chi connectivity index (χ3n) is 5.05. The van der Waals surface area contributed by atoms with Gasteiger partial charge in [-0.05, 0) is 37.5 Å². The molecule has 0 spiro atoms. The molecule has 1 saturated carbocycles. The predicted molar refractivity (Wildman–Crippen MR) is 109 cm³/mol. The fraction of sp³-hybridized carbons (Fsp3) is 0.409. The summed E-state index contributed by atoms with van der Waals surface area (Å²) in [6, 6.07) is 15.9. The Hall–Kier alpha value is -2.89. The minimum atomic E-state index is -0.0670. The summed E-state index contributed by atoms with van der Waals surface area (Å²) in [4.78, 5) is 4.31. The van der Waals surface area contributed by atoms with Crippen LogP contribution in [0.1, 0.15) is 24.8 Å². The zero-order valence-corrected chi connectivity index (χ0v) is 16.2.